The van der Waals surface area contributed by atoms with Gasteiger partial charge in [-0.2, -0.15) is 13.2 Å². The number of ether oxygens (including phenoxy) is 1. The number of alkyl carbamates (subject to hydrolysis) is 1. The zero-order valence-corrected chi connectivity index (χ0v) is 35.1. The fourth-order valence-corrected chi connectivity index (χ4v) is 7.47. The van der Waals surface area contributed by atoms with Crippen molar-refractivity contribution in [3.8, 4) is 0 Å². The Morgan fingerprint density at radius 2 is 1.37 bits per heavy atom. The molecular formula is C44H52F3N9O9. The zero-order valence-electron chi connectivity index (χ0n) is 35.1. The third-order valence-electron chi connectivity index (χ3n) is 10.7. The fraction of sp³-hybridized carbons (Fsp3) is 0.386. The number of carbonyl (C=O) groups excluding carboxylic acids is 6. The number of alkyl halides is 3. The summed E-state index contributed by atoms with van der Waals surface area (Å²) in [5.41, 5.74) is 14.1. The summed E-state index contributed by atoms with van der Waals surface area (Å²) in [6.45, 7) is 0.527. The monoisotopic (exact) mass is 907 g/mol. The van der Waals surface area contributed by atoms with E-state index in [-0.39, 0.29) is 45.3 Å². The minimum atomic E-state index is -5.08. The Bertz CT molecular complexity index is 2280. The third kappa shape index (κ3) is 13.7. The Kier molecular flexibility index (Phi) is 17.4. The molecule has 2 fully saturated rings. The number of amides is 6. The van der Waals surface area contributed by atoms with Gasteiger partial charge in [-0.25, -0.2) is 9.59 Å². The first-order valence-electron chi connectivity index (χ1n) is 20.9. The molecule has 0 radical (unpaired) electrons. The number of hydrogen-bond donors (Lipinski definition) is 9. The van der Waals surface area contributed by atoms with E-state index in [1.807, 2.05) is 54.6 Å². The lowest BCUT2D eigenvalue weighted by atomic mass is 10.0. The predicted octanol–water partition coefficient (Wildman–Crippen LogP) is 1.70. The van der Waals surface area contributed by atoms with Gasteiger partial charge >= 0.3 is 18.2 Å². The summed E-state index contributed by atoms with van der Waals surface area (Å²) in [6, 6.07) is 19.1. The van der Waals surface area contributed by atoms with E-state index in [0.29, 0.717) is 24.9 Å². The van der Waals surface area contributed by atoms with Crippen molar-refractivity contribution in [2.45, 2.75) is 81.0 Å². The van der Waals surface area contributed by atoms with Gasteiger partial charge in [0.1, 0.15) is 36.3 Å². The lowest BCUT2D eigenvalue weighted by molar-refractivity contribution is -0.192. The van der Waals surface area contributed by atoms with Gasteiger partial charge in [0.25, 0.3) is 0 Å². The van der Waals surface area contributed by atoms with Crippen molar-refractivity contribution in [3.63, 3.8) is 0 Å². The molecule has 0 saturated carbocycles. The summed E-state index contributed by atoms with van der Waals surface area (Å²) in [5, 5.41) is 22.0. The molecule has 348 valence electrons. The number of carboxylic acid groups (broad SMARTS) is 1. The first kappa shape index (κ1) is 49.0. The molecule has 6 rings (SSSR count). The highest BCUT2D eigenvalue weighted by atomic mass is 19.4. The standard InChI is InChI=1S/C42H51N9O7.C2HF3O2/c43-18-10-9-17-32-37(52)49-34(21-26-11-3-1-4-12-26)41(56)51-25-29(58-42(57)45-20-19-44)23-35(51)39(54)50-36(27-13-5-2-6-14-27)40(55)48-33(38(53)47-32)22-28-24-46-31-16-8-7-15-30(28)31;3-2(4,5)1(6)7/h1-8,11-16,24,29,32-36,46H,9-10,17-23,25,43-44H2,(H,45,57)(H,47,53)(H,48,55)(H,49,52)(H,50,54);(H,6,7)/t29?,32-,33+,34-,35-,36-;/m0./s1. The molecule has 2 aliphatic heterocycles. The first-order chi connectivity index (χ1) is 31.1. The third-order valence-corrected chi connectivity index (χ3v) is 10.7. The Labute approximate surface area is 371 Å². The van der Waals surface area contributed by atoms with Gasteiger partial charge in [0.05, 0.1) is 6.54 Å². The van der Waals surface area contributed by atoms with Crippen LogP contribution in [0.25, 0.3) is 10.9 Å². The van der Waals surface area contributed by atoms with Crippen LogP contribution in [-0.2, 0) is 46.3 Å². The maximum absolute atomic E-state index is 14.7. The number of nitrogens with two attached hydrogens (primary N) is 2. The van der Waals surface area contributed by atoms with Gasteiger partial charge in [-0.05, 0) is 48.6 Å². The average Bonchev–Trinajstić information content (AvgIpc) is 3.90. The van der Waals surface area contributed by atoms with Crippen LogP contribution in [0, 0.1) is 0 Å². The van der Waals surface area contributed by atoms with E-state index in [1.165, 1.54) is 4.90 Å². The highest BCUT2D eigenvalue weighted by molar-refractivity contribution is 5.99. The Morgan fingerprint density at radius 1 is 0.754 bits per heavy atom. The quantitative estimate of drug-likeness (QED) is 0.0923. The molecule has 4 aromatic rings. The van der Waals surface area contributed by atoms with E-state index >= 15 is 0 Å². The number of H-pyrrole nitrogens is 1. The molecule has 0 bridgehead atoms. The first-order valence-corrected chi connectivity index (χ1v) is 20.9. The molecule has 65 heavy (non-hydrogen) atoms. The lowest BCUT2D eigenvalue weighted by Gasteiger charge is -2.30. The Morgan fingerprint density at radius 3 is 2.03 bits per heavy atom. The molecule has 0 aliphatic carbocycles. The van der Waals surface area contributed by atoms with E-state index in [4.69, 9.17) is 26.1 Å². The number of aromatic nitrogens is 1. The van der Waals surface area contributed by atoms with E-state index in [2.05, 4.69) is 31.6 Å². The van der Waals surface area contributed by atoms with Crippen LogP contribution >= 0.6 is 0 Å². The number of unbranched alkanes of at least 4 members (excludes halogenated alkanes) is 1. The smallest absolute Gasteiger partial charge is 0.475 e. The molecule has 6 atom stereocenters. The van der Waals surface area contributed by atoms with Crippen LogP contribution in [0.15, 0.2) is 91.1 Å². The number of carboxylic acids is 1. The summed E-state index contributed by atoms with van der Waals surface area (Å²) in [6.07, 6.45) is -3.72. The zero-order chi connectivity index (χ0) is 47.1. The van der Waals surface area contributed by atoms with E-state index in [9.17, 15) is 41.9 Å². The maximum atomic E-state index is 14.7. The molecule has 11 N–H and O–H groups in total. The highest BCUT2D eigenvalue weighted by Gasteiger charge is 2.45. The van der Waals surface area contributed by atoms with Crippen LogP contribution in [0.1, 0.15) is 48.4 Å². The van der Waals surface area contributed by atoms with Crippen molar-refractivity contribution >= 4 is 52.5 Å². The molecule has 6 amide bonds. The van der Waals surface area contributed by atoms with Gasteiger partial charge in [0, 0.05) is 49.5 Å². The molecule has 0 spiro atoms. The van der Waals surface area contributed by atoms with Crippen molar-refractivity contribution in [2.24, 2.45) is 11.5 Å². The number of para-hydroxylation sites is 1. The second-order valence-corrected chi connectivity index (χ2v) is 15.4. The second-order valence-electron chi connectivity index (χ2n) is 15.4. The molecule has 21 heteroatoms. The van der Waals surface area contributed by atoms with Crippen LogP contribution in [0.3, 0.4) is 0 Å². The van der Waals surface area contributed by atoms with Crippen LogP contribution in [0.5, 0.6) is 0 Å². The normalized spacial score (nSPS) is 21.9. The van der Waals surface area contributed by atoms with Crippen LogP contribution in [-0.4, -0.2) is 119 Å². The molecule has 1 aromatic heterocycles. The van der Waals surface area contributed by atoms with Gasteiger partial charge in [-0.1, -0.05) is 78.9 Å². The number of nitrogens with zero attached hydrogens (tertiary/aromatic N) is 1. The molecule has 3 heterocycles. The topological polar surface area (TPSA) is 280 Å². The van der Waals surface area contributed by atoms with Crippen LogP contribution in [0.2, 0.25) is 0 Å². The molecular weight excluding hydrogens is 856 g/mol. The summed E-state index contributed by atoms with van der Waals surface area (Å²) in [7, 11) is 0. The summed E-state index contributed by atoms with van der Waals surface area (Å²) in [4.78, 5) is 98.3. The second kappa shape index (κ2) is 23.1. The Hall–Kier alpha value is -7.00. The van der Waals surface area contributed by atoms with E-state index < -0.39 is 84.1 Å². The number of halogens is 3. The minimum Gasteiger partial charge on any atom is -0.475 e. The predicted molar refractivity (Wildman–Crippen MR) is 229 cm³/mol. The largest absolute Gasteiger partial charge is 0.490 e. The Balaban J connectivity index is 0.00000105. The minimum absolute atomic E-state index is 0.0466. The molecule has 2 aliphatic rings. The van der Waals surface area contributed by atoms with Gasteiger partial charge in [-0.3, -0.25) is 24.0 Å². The van der Waals surface area contributed by atoms with E-state index in [1.54, 1.807) is 36.5 Å². The number of hydrogen-bond acceptors (Lipinski definition) is 10. The van der Waals surface area contributed by atoms with Crippen molar-refractivity contribution in [1.29, 1.82) is 0 Å². The fourth-order valence-electron chi connectivity index (χ4n) is 7.47. The number of carbonyl (C=O) groups is 7. The average molecular weight is 908 g/mol. The number of aliphatic carboxylic acids is 1. The number of benzene rings is 3. The number of rotatable bonds is 12. The molecule has 18 nitrogen and oxygen atoms in total. The summed E-state index contributed by atoms with van der Waals surface area (Å²) in [5.74, 6) is -5.99. The summed E-state index contributed by atoms with van der Waals surface area (Å²) < 4.78 is 37.4. The van der Waals surface area contributed by atoms with Gasteiger partial charge in [0.15, 0.2) is 0 Å². The highest BCUT2D eigenvalue weighted by Crippen LogP contribution is 2.26. The number of aromatic amines is 1. The lowest BCUT2D eigenvalue weighted by Crippen LogP contribution is -2.58. The van der Waals surface area contributed by atoms with Crippen molar-refractivity contribution in [1.82, 2.24) is 36.5 Å². The number of nitrogens with one attached hydrogen (secondary N) is 6. The van der Waals surface area contributed by atoms with Gasteiger partial charge in [0.2, 0.25) is 29.5 Å². The molecule has 3 aromatic carbocycles. The molecule has 2 saturated heterocycles. The molecule has 1 unspecified atom stereocenters. The van der Waals surface area contributed by atoms with Crippen molar-refractivity contribution < 1.29 is 56.6 Å². The van der Waals surface area contributed by atoms with Crippen molar-refractivity contribution in [3.05, 3.63) is 108 Å². The van der Waals surface area contributed by atoms with Crippen molar-refractivity contribution in [2.75, 3.05) is 26.2 Å². The van der Waals surface area contributed by atoms with Crippen LogP contribution in [0.4, 0.5) is 18.0 Å². The maximum Gasteiger partial charge on any atom is 0.490 e. The number of fused-ring (bicyclic) bond motifs is 2. The van der Waals surface area contributed by atoms with Crippen LogP contribution < -0.4 is 38.1 Å². The van der Waals surface area contributed by atoms with Gasteiger partial charge < -0.3 is 57.8 Å². The SMILES string of the molecule is NCCCC[C@@H]1NC(=O)[C@@H](Cc2c[nH]c3ccccc23)NC(=O)[C@H](c2ccccc2)NC(=O)[C@@H]2CC(OC(=O)NCCN)CN2C(=O)[C@H](Cc2ccccc2)NC1=O.O=C(O)C(F)(F)F. The van der Waals surface area contributed by atoms with E-state index in [0.717, 1.165) is 22.0 Å². The summed E-state index contributed by atoms with van der Waals surface area (Å²) >= 11 is 0. The van der Waals surface area contributed by atoms with Gasteiger partial charge in [-0.15, -0.1) is 0 Å².